The number of aromatic amines is 1. The first-order chi connectivity index (χ1) is 14.9. The standard InChI is InChI=1S/C23H24BrN3O4/c1-26-8-10-27(11-9-26)23(29)22(28)21-19(14-4-6-15(24)7-5-14)20-17(25-21)12-16(30-2)13-18(20)31-3/h4-7,12-13,25H,8-11H2,1-3H3. The van der Waals surface area contributed by atoms with Gasteiger partial charge in [0.15, 0.2) is 0 Å². The second kappa shape index (κ2) is 8.72. The molecule has 0 bridgehead atoms. The molecule has 1 fully saturated rings. The van der Waals surface area contributed by atoms with E-state index in [0.29, 0.717) is 35.7 Å². The van der Waals surface area contributed by atoms with Crippen molar-refractivity contribution in [1.82, 2.24) is 14.8 Å². The van der Waals surface area contributed by atoms with Crippen LogP contribution in [0.25, 0.3) is 22.0 Å². The SMILES string of the molecule is COc1cc(OC)c2c(-c3ccc(Br)cc3)c(C(=O)C(=O)N3CCN(C)CC3)[nH]c2c1. The number of halogens is 1. The molecule has 1 aliphatic rings. The summed E-state index contributed by atoms with van der Waals surface area (Å²) in [5.74, 6) is 0.107. The molecule has 2 aromatic carbocycles. The minimum Gasteiger partial charge on any atom is -0.497 e. The Morgan fingerprint density at radius 3 is 2.29 bits per heavy atom. The van der Waals surface area contributed by atoms with Crippen LogP contribution in [0.1, 0.15) is 10.5 Å². The Balaban J connectivity index is 1.87. The molecule has 1 saturated heterocycles. The highest BCUT2D eigenvalue weighted by Crippen LogP contribution is 2.41. The van der Waals surface area contributed by atoms with Gasteiger partial charge < -0.3 is 24.3 Å². The van der Waals surface area contributed by atoms with E-state index in [-0.39, 0.29) is 5.69 Å². The largest absolute Gasteiger partial charge is 0.497 e. The quantitative estimate of drug-likeness (QED) is 0.441. The maximum absolute atomic E-state index is 13.4. The van der Waals surface area contributed by atoms with Gasteiger partial charge in [0.25, 0.3) is 11.7 Å². The second-order valence-electron chi connectivity index (χ2n) is 7.56. The summed E-state index contributed by atoms with van der Waals surface area (Å²) in [6.45, 7) is 2.56. The number of Topliss-reactive ketones (excluding diaryl/α,β-unsaturated/α-hetero) is 1. The van der Waals surface area contributed by atoms with Crippen molar-refractivity contribution in [3.8, 4) is 22.6 Å². The molecule has 0 aliphatic carbocycles. The average molecular weight is 486 g/mol. The number of benzene rings is 2. The Kier molecular flexibility index (Phi) is 6.02. The van der Waals surface area contributed by atoms with Gasteiger partial charge in [-0.1, -0.05) is 28.1 Å². The third-order valence-electron chi connectivity index (χ3n) is 5.64. The minimum absolute atomic E-state index is 0.257. The van der Waals surface area contributed by atoms with Gasteiger partial charge in [0.2, 0.25) is 0 Å². The number of nitrogens with zero attached hydrogens (tertiary/aromatic N) is 2. The van der Waals surface area contributed by atoms with E-state index in [2.05, 4.69) is 25.8 Å². The molecular formula is C23H24BrN3O4. The molecule has 0 unspecified atom stereocenters. The lowest BCUT2D eigenvalue weighted by molar-refractivity contribution is -0.127. The lowest BCUT2D eigenvalue weighted by atomic mass is 9.99. The first-order valence-corrected chi connectivity index (χ1v) is 10.8. The van der Waals surface area contributed by atoms with Crippen LogP contribution in [-0.2, 0) is 4.79 Å². The number of ketones is 1. The van der Waals surface area contributed by atoms with Crippen LogP contribution in [0.4, 0.5) is 0 Å². The lowest BCUT2D eigenvalue weighted by Crippen LogP contribution is -2.49. The molecule has 1 aromatic heterocycles. The topological polar surface area (TPSA) is 74.9 Å². The number of ether oxygens (including phenoxy) is 2. The number of H-pyrrole nitrogens is 1. The van der Waals surface area contributed by atoms with Gasteiger partial charge in [0.1, 0.15) is 17.2 Å². The summed E-state index contributed by atoms with van der Waals surface area (Å²) < 4.78 is 11.9. The maximum Gasteiger partial charge on any atom is 0.296 e. The van der Waals surface area contributed by atoms with E-state index >= 15 is 0 Å². The molecule has 162 valence electrons. The molecule has 8 heteroatoms. The highest BCUT2D eigenvalue weighted by molar-refractivity contribution is 9.10. The fraction of sp³-hybridized carbons (Fsp3) is 0.304. The van der Waals surface area contributed by atoms with Crippen molar-refractivity contribution < 1.29 is 19.1 Å². The number of nitrogens with one attached hydrogen (secondary N) is 1. The van der Waals surface area contributed by atoms with Crippen LogP contribution in [0.2, 0.25) is 0 Å². The van der Waals surface area contributed by atoms with Gasteiger partial charge in [0.05, 0.1) is 25.1 Å². The first kappa shape index (κ1) is 21.4. The fourth-order valence-electron chi connectivity index (χ4n) is 3.88. The van der Waals surface area contributed by atoms with Gasteiger partial charge >= 0.3 is 0 Å². The number of likely N-dealkylation sites (N-methyl/N-ethyl adjacent to an activating group) is 1. The molecule has 3 aromatic rings. The van der Waals surface area contributed by atoms with Crippen molar-refractivity contribution in [2.75, 3.05) is 47.4 Å². The molecule has 0 radical (unpaired) electrons. The summed E-state index contributed by atoms with van der Waals surface area (Å²) in [6, 6.07) is 11.2. The van der Waals surface area contributed by atoms with E-state index in [1.54, 1.807) is 31.3 Å². The maximum atomic E-state index is 13.4. The third-order valence-corrected chi connectivity index (χ3v) is 6.16. The van der Waals surface area contributed by atoms with Crippen LogP contribution in [0.5, 0.6) is 11.5 Å². The number of amides is 1. The summed E-state index contributed by atoms with van der Waals surface area (Å²) in [6.07, 6.45) is 0. The van der Waals surface area contributed by atoms with Crippen LogP contribution in [0.3, 0.4) is 0 Å². The van der Waals surface area contributed by atoms with E-state index in [0.717, 1.165) is 28.5 Å². The Morgan fingerprint density at radius 2 is 1.68 bits per heavy atom. The summed E-state index contributed by atoms with van der Waals surface area (Å²) >= 11 is 3.45. The minimum atomic E-state index is -0.556. The number of fused-ring (bicyclic) bond motifs is 1. The van der Waals surface area contributed by atoms with Crippen molar-refractivity contribution in [2.45, 2.75) is 0 Å². The molecule has 4 rings (SSSR count). The number of carbonyl (C=O) groups is 2. The molecule has 0 spiro atoms. The summed E-state index contributed by atoms with van der Waals surface area (Å²) in [5, 5.41) is 0.736. The zero-order valence-electron chi connectivity index (χ0n) is 17.7. The van der Waals surface area contributed by atoms with Gasteiger partial charge in [-0.25, -0.2) is 0 Å². The summed E-state index contributed by atoms with van der Waals surface area (Å²) in [5.41, 5.74) is 2.39. The van der Waals surface area contributed by atoms with Crippen molar-refractivity contribution in [3.63, 3.8) is 0 Å². The Bertz CT molecular complexity index is 1130. The summed E-state index contributed by atoms with van der Waals surface area (Å²) in [7, 11) is 5.15. The molecule has 31 heavy (non-hydrogen) atoms. The monoisotopic (exact) mass is 485 g/mol. The number of aromatic nitrogens is 1. The molecule has 2 heterocycles. The number of methoxy groups -OCH3 is 2. The zero-order chi connectivity index (χ0) is 22.1. The van der Waals surface area contributed by atoms with Crippen LogP contribution in [0.15, 0.2) is 40.9 Å². The van der Waals surface area contributed by atoms with E-state index in [1.165, 1.54) is 0 Å². The predicted octanol–water partition coefficient (Wildman–Crippen LogP) is 3.57. The molecule has 0 saturated carbocycles. The average Bonchev–Trinajstić information content (AvgIpc) is 3.18. The molecule has 1 N–H and O–H groups in total. The van der Waals surface area contributed by atoms with Gasteiger partial charge in [-0.2, -0.15) is 0 Å². The molecular weight excluding hydrogens is 462 g/mol. The van der Waals surface area contributed by atoms with Gasteiger partial charge in [-0.15, -0.1) is 0 Å². The van der Waals surface area contributed by atoms with E-state index in [4.69, 9.17) is 9.47 Å². The van der Waals surface area contributed by atoms with Crippen molar-refractivity contribution in [2.24, 2.45) is 0 Å². The van der Waals surface area contributed by atoms with Crippen molar-refractivity contribution >= 4 is 38.5 Å². The van der Waals surface area contributed by atoms with Crippen LogP contribution in [-0.4, -0.2) is 73.9 Å². The number of carbonyl (C=O) groups excluding carboxylic acids is 2. The molecule has 0 atom stereocenters. The number of rotatable bonds is 5. The number of hydrogen-bond acceptors (Lipinski definition) is 5. The van der Waals surface area contributed by atoms with Crippen LogP contribution < -0.4 is 9.47 Å². The van der Waals surface area contributed by atoms with E-state index in [1.807, 2.05) is 31.3 Å². The molecule has 7 nitrogen and oxygen atoms in total. The number of piperazine rings is 1. The predicted molar refractivity (Wildman–Crippen MR) is 123 cm³/mol. The fourth-order valence-corrected chi connectivity index (χ4v) is 4.15. The summed E-state index contributed by atoms with van der Waals surface area (Å²) in [4.78, 5) is 33.4. The Hall–Kier alpha value is -2.84. The van der Waals surface area contributed by atoms with Gasteiger partial charge in [0, 0.05) is 48.3 Å². The third kappa shape index (κ3) is 4.05. The van der Waals surface area contributed by atoms with Crippen molar-refractivity contribution in [3.05, 3.63) is 46.6 Å². The Labute approximate surface area is 189 Å². The number of hydrogen-bond donors (Lipinski definition) is 1. The van der Waals surface area contributed by atoms with Crippen LogP contribution >= 0.6 is 15.9 Å². The lowest BCUT2D eigenvalue weighted by Gasteiger charge is -2.31. The van der Waals surface area contributed by atoms with Crippen LogP contribution in [0, 0.1) is 0 Å². The second-order valence-corrected chi connectivity index (χ2v) is 8.47. The first-order valence-electron chi connectivity index (χ1n) is 9.98. The normalized spacial score (nSPS) is 14.6. The molecule has 1 amide bonds. The zero-order valence-corrected chi connectivity index (χ0v) is 19.3. The van der Waals surface area contributed by atoms with Gasteiger partial charge in [-0.3, -0.25) is 9.59 Å². The highest BCUT2D eigenvalue weighted by atomic mass is 79.9. The highest BCUT2D eigenvalue weighted by Gasteiger charge is 2.31. The van der Waals surface area contributed by atoms with Crippen molar-refractivity contribution in [1.29, 1.82) is 0 Å². The van der Waals surface area contributed by atoms with E-state index in [9.17, 15) is 9.59 Å². The smallest absolute Gasteiger partial charge is 0.296 e. The molecule has 1 aliphatic heterocycles. The Morgan fingerprint density at radius 1 is 1.00 bits per heavy atom. The van der Waals surface area contributed by atoms with Gasteiger partial charge in [-0.05, 0) is 24.7 Å². The van der Waals surface area contributed by atoms with E-state index < -0.39 is 11.7 Å².